The number of rotatable bonds is 9. The predicted molar refractivity (Wildman–Crippen MR) is 135 cm³/mol. The Hall–Kier alpha value is -2.42. The highest BCUT2D eigenvalue weighted by Gasteiger charge is 2.27. The van der Waals surface area contributed by atoms with Gasteiger partial charge in [-0.2, -0.15) is 4.31 Å². The lowest BCUT2D eigenvalue weighted by atomic mass is 9.88. The molecule has 8 heteroatoms. The minimum absolute atomic E-state index is 0.0374. The molecule has 0 bridgehead atoms. The highest BCUT2D eigenvalue weighted by atomic mass is 32.2. The fourth-order valence-corrected chi connectivity index (χ4v) is 6.41. The summed E-state index contributed by atoms with van der Waals surface area (Å²) in [5.41, 5.74) is 4.70. The highest BCUT2D eigenvalue weighted by molar-refractivity contribution is 7.89. The summed E-state index contributed by atoms with van der Waals surface area (Å²) < 4.78 is 38.3. The Kier molecular flexibility index (Phi) is 8.46. The number of carbonyl (C=O) groups is 1. The van der Waals surface area contributed by atoms with Crippen LogP contribution in [0.5, 0.6) is 5.75 Å². The highest BCUT2D eigenvalue weighted by Crippen LogP contribution is 2.28. The molecule has 2 aliphatic rings. The van der Waals surface area contributed by atoms with E-state index in [0.717, 1.165) is 24.8 Å². The quantitative estimate of drug-likeness (QED) is 0.566. The molecular formula is C27H36N2O5S. The van der Waals surface area contributed by atoms with Gasteiger partial charge in [0.25, 0.3) is 0 Å². The predicted octanol–water partition coefficient (Wildman–Crippen LogP) is 3.80. The lowest BCUT2D eigenvalue weighted by Gasteiger charge is -2.26. The Bertz CT molecular complexity index is 1140. The zero-order valence-corrected chi connectivity index (χ0v) is 21.5. The van der Waals surface area contributed by atoms with Crippen LogP contribution in [0.2, 0.25) is 0 Å². The van der Waals surface area contributed by atoms with Gasteiger partial charge in [-0.1, -0.05) is 25.1 Å². The van der Waals surface area contributed by atoms with Crippen molar-refractivity contribution in [2.75, 3.05) is 33.4 Å². The van der Waals surface area contributed by atoms with Gasteiger partial charge in [0.05, 0.1) is 31.3 Å². The fraction of sp³-hybridized carbons (Fsp3) is 0.519. The first-order chi connectivity index (χ1) is 16.9. The van der Waals surface area contributed by atoms with Gasteiger partial charge in [0.1, 0.15) is 5.75 Å². The standard InChI is InChI=1S/C27H36N2O5S/c1-3-25(22-9-8-20-6-4-5-7-21(20)18-22)28-27(30)13-10-23-19-24(11-12-26(23)33-2)35(31,32)29-14-16-34-17-15-29/h8-9,11-12,18-19,25H,3-7,10,13-17H2,1-2H3,(H,28,30). The summed E-state index contributed by atoms with van der Waals surface area (Å²) in [7, 11) is -2.06. The van der Waals surface area contributed by atoms with Crippen molar-refractivity contribution in [2.24, 2.45) is 0 Å². The van der Waals surface area contributed by atoms with Gasteiger partial charge in [-0.3, -0.25) is 4.79 Å². The number of carbonyl (C=O) groups excluding carboxylic acids is 1. The number of fused-ring (bicyclic) bond motifs is 1. The van der Waals surface area contributed by atoms with Crippen molar-refractivity contribution in [3.05, 3.63) is 58.7 Å². The van der Waals surface area contributed by atoms with Crippen LogP contribution >= 0.6 is 0 Å². The molecule has 1 unspecified atom stereocenters. The maximum Gasteiger partial charge on any atom is 0.243 e. The first-order valence-electron chi connectivity index (χ1n) is 12.6. The average molecular weight is 501 g/mol. The van der Waals surface area contributed by atoms with Gasteiger partial charge < -0.3 is 14.8 Å². The molecule has 7 nitrogen and oxygen atoms in total. The maximum absolute atomic E-state index is 13.1. The van der Waals surface area contributed by atoms with Crippen LogP contribution < -0.4 is 10.1 Å². The SMILES string of the molecule is CCC(NC(=O)CCc1cc(S(=O)(=O)N2CCOCC2)ccc1OC)c1ccc2c(c1)CCCC2. The fourth-order valence-electron chi connectivity index (χ4n) is 4.95. The minimum Gasteiger partial charge on any atom is -0.496 e. The molecule has 4 rings (SSSR count). The molecule has 1 fully saturated rings. The molecule has 1 N–H and O–H groups in total. The molecule has 2 aromatic rings. The monoisotopic (exact) mass is 500 g/mol. The van der Waals surface area contributed by atoms with E-state index in [1.54, 1.807) is 25.3 Å². The Morgan fingerprint density at radius 1 is 1.09 bits per heavy atom. The normalized spacial score (nSPS) is 17.4. The summed E-state index contributed by atoms with van der Waals surface area (Å²) in [6.07, 6.45) is 6.17. The second kappa shape index (κ2) is 11.5. The van der Waals surface area contributed by atoms with E-state index < -0.39 is 10.0 Å². The van der Waals surface area contributed by atoms with E-state index in [-0.39, 0.29) is 23.3 Å². The van der Waals surface area contributed by atoms with E-state index in [4.69, 9.17) is 9.47 Å². The number of benzene rings is 2. The molecule has 35 heavy (non-hydrogen) atoms. The summed E-state index contributed by atoms with van der Waals surface area (Å²) in [6, 6.07) is 11.4. The average Bonchev–Trinajstić information content (AvgIpc) is 2.90. The lowest BCUT2D eigenvalue weighted by molar-refractivity contribution is -0.121. The van der Waals surface area contributed by atoms with Crippen molar-refractivity contribution in [2.45, 2.75) is 62.8 Å². The molecule has 1 saturated heterocycles. The molecule has 1 aliphatic carbocycles. The van der Waals surface area contributed by atoms with E-state index in [1.807, 2.05) is 0 Å². The zero-order valence-electron chi connectivity index (χ0n) is 20.7. The molecule has 190 valence electrons. The Morgan fingerprint density at radius 2 is 1.83 bits per heavy atom. The number of nitrogens with one attached hydrogen (secondary N) is 1. The largest absolute Gasteiger partial charge is 0.496 e. The van der Waals surface area contributed by atoms with Crippen LogP contribution in [-0.4, -0.2) is 52.0 Å². The molecule has 1 heterocycles. The van der Waals surface area contributed by atoms with Crippen LogP contribution in [0, 0.1) is 0 Å². The zero-order chi connectivity index (χ0) is 24.8. The number of amides is 1. The second-order valence-electron chi connectivity index (χ2n) is 9.25. The summed E-state index contributed by atoms with van der Waals surface area (Å²) in [4.78, 5) is 13.1. The summed E-state index contributed by atoms with van der Waals surface area (Å²) >= 11 is 0. The van der Waals surface area contributed by atoms with Gasteiger partial charge in [-0.25, -0.2) is 8.42 Å². The Morgan fingerprint density at radius 3 is 2.54 bits per heavy atom. The summed E-state index contributed by atoms with van der Waals surface area (Å²) in [6.45, 7) is 3.55. The number of hydrogen-bond acceptors (Lipinski definition) is 5. The summed E-state index contributed by atoms with van der Waals surface area (Å²) in [5, 5.41) is 3.17. The Labute approximate surface area is 208 Å². The molecule has 0 spiro atoms. The third-order valence-electron chi connectivity index (χ3n) is 7.00. The van der Waals surface area contributed by atoms with Crippen LogP contribution in [0.25, 0.3) is 0 Å². The van der Waals surface area contributed by atoms with Gasteiger partial charge in [0, 0.05) is 19.5 Å². The van der Waals surface area contributed by atoms with Crippen LogP contribution in [0.3, 0.4) is 0 Å². The Balaban J connectivity index is 1.43. The maximum atomic E-state index is 13.1. The van der Waals surface area contributed by atoms with Crippen molar-refractivity contribution in [3.8, 4) is 5.75 Å². The van der Waals surface area contributed by atoms with E-state index in [0.29, 0.717) is 44.0 Å². The molecule has 1 aliphatic heterocycles. The third-order valence-corrected chi connectivity index (χ3v) is 8.89. The number of hydrogen-bond donors (Lipinski definition) is 1. The molecule has 0 aromatic heterocycles. The van der Waals surface area contributed by atoms with Crippen molar-refractivity contribution in [3.63, 3.8) is 0 Å². The van der Waals surface area contributed by atoms with Crippen LogP contribution in [0.1, 0.15) is 60.9 Å². The minimum atomic E-state index is -3.62. The molecule has 2 aromatic carbocycles. The van der Waals surface area contributed by atoms with Crippen molar-refractivity contribution >= 4 is 15.9 Å². The van der Waals surface area contributed by atoms with Gasteiger partial charge in [-0.15, -0.1) is 0 Å². The van der Waals surface area contributed by atoms with Crippen molar-refractivity contribution in [1.29, 1.82) is 0 Å². The van der Waals surface area contributed by atoms with Crippen LogP contribution in [-0.2, 0) is 38.8 Å². The number of morpholine rings is 1. The van der Waals surface area contributed by atoms with Crippen molar-refractivity contribution < 1.29 is 22.7 Å². The topological polar surface area (TPSA) is 84.9 Å². The van der Waals surface area contributed by atoms with Gasteiger partial charge in [0.2, 0.25) is 15.9 Å². The molecular weight excluding hydrogens is 464 g/mol. The van der Waals surface area contributed by atoms with Crippen LogP contribution in [0.4, 0.5) is 0 Å². The molecule has 0 radical (unpaired) electrons. The third kappa shape index (κ3) is 6.05. The lowest BCUT2D eigenvalue weighted by Crippen LogP contribution is -2.40. The molecule has 1 atom stereocenters. The number of nitrogens with zero attached hydrogens (tertiary/aromatic N) is 1. The summed E-state index contributed by atoms with van der Waals surface area (Å²) in [5.74, 6) is 0.526. The smallest absolute Gasteiger partial charge is 0.243 e. The van der Waals surface area contributed by atoms with Gasteiger partial charge >= 0.3 is 0 Å². The number of sulfonamides is 1. The second-order valence-corrected chi connectivity index (χ2v) is 11.2. The molecule has 1 amide bonds. The van der Waals surface area contributed by atoms with Crippen molar-refractivity contribution in [1.82, 2.24) is 9.62 Å². The molecule has 0 saturated carbocycles. The van der Waals surface area contributed by atoms with Gasteiger partial charge in [0.15, 0.2) is 0 Å². The van der Waals surface area contributed by atoms with E-state index >= 15 is 0 Å². The van der Waals surface area contributed by atoms with Gasteiger partial charge in [-0.05, 0) is 79.0 Å². The van der Waals surface area contributed by atoms with E-state index in [9.17, 15) is 13.2 Å². The first kappa shape index (κ1) is 25.7. The van der Waals surface area contributed by atoms with E-state index in [2.05, 4.69) is 30.4 Å². The number of ether oxygens (including phenoxy) is 2. The van der Waals surface area contributed by atoms with E-state index in [1.165, 1.54) is 28.3 Å². The number of methoxy groups -OCH3 is 1. The van der Waals surface area contributed by atoms with Crippen LogP contribution in [0.15, 0.2) is 41.3 Å². The first-order valence-corrected chi connectivity index (χ1v) is 14.0. The number of aryl methyl sites for hydroxylation is 3.